The quantitative estimate of drug-likeness (QED) is 0.569. The molecule has 0 bridgehead atoms. The van der Waals surface area contributed by atoms with Gasteiger partial charge in [0, 0.05) is 17.6 Å². The molecule has 0 saturated carbocycles. The summed E-state index contributed by atoms with van der Waals surface area (Å²) in [6.45, 7) is 1.38. The lowest BCUT2D eigenvalue weighted by Crippen LogP contribution is -2.35. The van der Waals surface area contributed by atoms with Crippen LogP contribution in [0, 0.1) is 0 Å². The zero-order chi connectivity index (χ0) is 21.1. The molecule has 3 N–H and O–H groups in total. The first-order valence-electron chi connectivity index (χ1n) is 9.52. The molecular formula is C20H20BrN5O3S. The molecule has 10 heteroatoms. The molecule has 4 rings (SSSR count). The summed E-state index contributed by atoms with van der Waals surface area (Å²) in [6.07, 6.45) is 3.04. The van der Waals surface area contributed by atoms with Crippen LogP contribution in [0.3, 0.4) is 0 Å². The minimum atomic E-state index is -1.78. The summed E-state index contributed by atoms with van der Waals surface area (Å²) < 4.78 is 20.7. The van der Waals surface area contributed by atoms with Crippen LogP contribution in [0.2, 0.25) is 0 Å². The lowest BCUT2D eigenvalue weighted by atomic mass is 10.1. The van der Waals surface area contributed by atoms with Gasteiger partial charge in [0.2, 0.25) is 0 Å². The molecule has 2 aromatic rings. The fourth-order valence-electron chi connectivity index (χ4n) is 3.33. The fourth-order valence-corrected chi connectivity index (χ4v) is 4.33. The van der Waals surface area contributed by atoms with Gasteiger partial charge in [-0.3, -0.25) is 4.79 Å². The number of likely N-dealkylation sites (tertiary alicyclic amines) is 1. The highest BCUT2D eigenvalue weighted by atomic mass is 79.9. The molecule has 1 unspecified atom stereocenters. The number of nitrogens with one attached hydrogen (secondary N) is 2. The zero-order valence-corrected chi connectivity index (χ0v) is 18.4. The van der Waals surface area contributed by atoms with Crippen molar-refractivity contribution in [3.63, 3.8) is 0 Å². The van der Waals surface area contributed by atoms with Gasteiger partial charge in [-0.05, 0) is 59.5 Å². The molecule has 2 aliphatic heterocycles. The lowest BCUT2D eigenvalue weighted by molar-refractivity contribution is 0.0721. The number of phenols is 1. The van der Waals surface area contributed by atoms with Crippen molar-refractivity contribution in [3.8, 4) is 5.75 Å². The molecule has 2 aromatic carbocycles. The van der Waals surface area contributed by atoms with Crippen molar-refractivity contribution in [1.82, 2.24) is 4.90 Å². The maximum atomic E-state index is 12.8. The van der Waals surface area contributed by atoms with Crippen molar-refractivity contribution in [2.45, 2.75) is 19.3 Å². The first-order chi connectivity index (χ1) is 14.5. The van der Waals surface area contributed by atoms with Gasteiger partial charge in [-0.15, -0.1) is 8.80 Å². The molecule has 156 valence electrons. The summed E-state index contributed by atoms with van der Waals surface area (Å²) in [5, 5.41) is 16.8. The molecule has 0 spiro atoms. The number of nitrogens with zero attached hydrogens (tertiary/aromatic N) is 3. The van der Waals surface area contributed by atoms with Crippen molar-refractivity contribution in [3.05, 3.63) is 52.5 Å². The summed E-state index contributed by atoms with van der Waals surface area (Å²) in [6, 6.07) is 12.3. The second kappa shape index (κ2) is 8.97. The van der Waals surface area contributed by atoms with Gasteiger partial charge < -0.3 is 20.6 Å². The summed E-state index contributed by atoms with van der Waals surface area (Å²) >= 11 is 1.66. The third-order valence-electron chi connectivity index (χ3n) is 4.85. The Morgan fingerprint density at radius 3 is 2.30 bits per heavy atom. The van der Waals surface area contributed by atoms with E-state index in [2.05, 4.69) is 35.4 Å². The molecule has 1 saturated heterocycles. The Labute approximate surface area is 185 Å². The number of carbonyl (C=O) groups excluding carboxylic acids is 1. The second-order valence-corrected chi connectivity index (χ2v) is 8.58. The molecule has 0 aromatic heterocycles. The van der Waals surface area contributed by atoms with Crippen molar-refractivity contribution in [2.24, 2.45) is 8.80 Å². The molecule has 1 atom stereocenters. The molecule has 1 fully saturated rings. The molecule has 2 aliphatic rings. The van der Waals surface area contributed by atoms with E-state index in [1.165, 1.54) is 0 Å². The number of halogens is 1. The summed E-state index contributed by atoms with van der Waals surface area (Å²) in [7, 11) is 0. The van der Waals surface area contributed by atoms with Crippen molar-refractivity contribution in [1.29, 1.82) is 0 Å². The molecule has 0 aliphatic carbocycles. The van der Waals surface area contributed by atoms with Crippen molar-refractivity contribution < 1.29 is 14.1 Å². The third kappa shape index (κ3) is 4.39. The Balaban J connectivity index is 1.55. The SMILES string of the molecule is O=C(c1cccc(NC2=NS(=O)N=C2Nc2ccccc2Br)c1O)N1CCCCC1. The largest absolute Gasteiger partial charge is 0.505 e. The van der Waals surface area contributed by atoms with Crippen molar-refractivity contribution in [2.75, 3.05) is 23.7 Å². The van der Waals surface area contributed by atoms with Gasteiger partial charge in [0.15, 0.2) is 17.4 Å². The van der Waals surface area contributed by atoms with E-state index in [0.29, 0.717) is 13.1 Å². The number of piperidine rings is 1. The number of phenolic OH excluding ortho intramolecular Hbond substituents is 1. The van der Waals surface area contributed by atoms with Crippen LogP contribution in [0.4, 0.5) is 11.4 Å². The van der Waals surface area contributed by atoms with Crippen molar-refractivity contribution >= 4 is 56.1 Å². The number of anilines is 2. The van der Waals surface area contributed by atoms with Gasteiger partial charge >= 0.3 is 0 Å². The molecule has 1 amide bonds. The Morgan fingerprint density at radius 2 is 1.60 bits per heavy atom. The van der Waals surface area contributed by atoms with E-state index in [0.717, 1.165) is 29.4 Å². The third-order valence-corrected chi connectivity index (χ3v) is 6.22. The van der Waals surface area contributed by atoms with E-state index in [9.17, 15) is 14.1 Å². The lowest BCUT2D eigenvalue weighted by Gasteiger charge is -2.27. The predicted octanol–water partition coefficient (Wildman–Crippen LogP) is 3.69. The van der Waals surface area contributed by atoms with E-state index in [1.54, 1.807) is 23.1 Å². The van der Waals surface area contributed by atoms with E-state index in [-0.39, 0.29) is 34.6 Å². The first kappa shape index (κ1) is 20.5. The maximum absolute atomic E-state index is 12.8. The highest BCUT2D eigenvalue weighted by molar-refractivity contribution is 9.10. The minimum absolute atomic E-state index is 0.173. The molecule has 0 radical (unpaired) electrons. The van der Waals surface area contributed by atoms with Gasteiger partial charge in [0.25, 0.3) is 17.1 Å². The fraction of sp³-hybridized carbons (Fsp3) is 0.250. The number of amidine groups is 2. The highest BCUT2D eigenvalue weighted by Crippen LogP contribution is 2.30. The average molecular weight is 490 g/mol. The highest BCUT2D eigenvalue weighted by Gasteiger charge is 2.25. The van der Waals surface area contributed by atoms with Crippen LogP contribution in [-0.4, -0.2) is 44.9 Å². The van der Waals surface area contributed by atoms with E-state index in [4.69, 9.17) is 0 Å². The number of benzene rings is 2. The molecule has 8 nitrogen and oxygen atoms in total. The van der Waals surface area contributed by atoms with Crippen LogP contribution < -0.4 is 10.6 Å². The number of hydrogen-bond acceptors (Lipinski definition) is 5. The zero-order valence-electron chi connectivity index (χ0n) is 16.0. The average Bonchev–Trinajstić information content (AvgIpc) is 3.10. The van der Waals surface area contributed by atoms with Gasteiger partial charge in [-0.25, -0.2) is 4.21 Å². The first-order valence-corrected chi connectivity index (χ1v) is 11.4. The van der Waals surface area contributed by atoms with Crippen LogP contribution in [0.1, 0.15) is 29.6 Å². The number of hydrogen-bond donors (Lipinski definition) is 3. The van der Waals surface area contributed by atoms with E-state index >= 15 is 0 Å². The molecule has 30 heavy (non-hydrogen) atoms. The minimum Gasteiger partial charge on any atom is -0.505 e. The van der Waals surface area contributed by atoms with Gasteiger partial charge in [0.1, 0.15) is 0 Å². The number of aromatic hydroxyl groups is 1. The second-order valence-electron chi connectivity index (χ2n) is 6.89. The Hall–Kier alpha value is -2.72. The number of carbonyl (C=O) groups is 1. The number of rotatable bonds is 3. The van der Waals surface area contributed by atoms with Crippen LogP contribution in [0.15, 0.2) is 55.7 Å². The number of para-hydroxylation sites is 2. The van der Waals surface area contributed by atoms with Gasteiger partial charge in [-0.2, -0.15) is 0 Å². The normalized spacial score (nSPS) is 18.6. The molecule has 2 heterocycles. The monoisotopic (exact) mass is 489 g/mol. The van der Waals surface area contributed by atoms with Crippen LogP contribution >= 0.6 is 15.9 Å². The summed E-state index contributed by atoms with van der Waals surface area (Å²) in [5.41, 5.74) is 1.24. The topological polar surface area (TPSA) is 106 Å². The predicted molar refractivity (Wildman–Crippen MR) is 122 cm³/mol. The van der Waals surface area contributed by atoms with Crippen LogP contribution in [-0.2, 0) is 11.2 Å². The Bertz CT molecular complexity index is 1070. The van der Waals surface area contributed by atoms with E-state index < -0.39 is 11.2 Å². The van der Waals surface area contributed by atoms with Gasteiger partial charge in [0.05, 0.1) is 16.9 Å². The molecular weight excluding hydrogens is 470 g/mol. The summed E-state index contributed by atoms with van der Waals surface area (Å²) in [4.78, 5) is 14.6. The Morgan fingerprint density at radius 1 is 0.967 bits per heavy atom. The maximum Gasteiger partial charge on any atom is 0.269 e. The Kier molecular flexibility index (Phi) is 6.14. The van der Waals surface area contributed by atoms with E-state index in [1.807, 2.05) is 24.3 Å². The smallest absolute Gasteiger partial charge is 0.269 e. The standard InChI is InChI=1S/C20H20BrN5O3S/c21-14-8-2-3-9-15(14)22-18-19(25-30(29)24-18)23-16-10-6-7-13(17(16)27)20(28)26-11-4-1-5-12-26/h2-3,6-10,27H,1,4-5,11-12H2,(H,22,24)(H,23,25). The summed E-state index contributed by atoms with van der Waals surface area (Å²) in [5.74, 6) is 0.107. The van der Waals surface area contributed by atoms with Crippen LogP contribution in [0.25, 0.3) is 0 Å². The van der Waals surface area contributed by atoms with Crippen LogP contribution in [0.5, 0.6) is 5.75 Å². The number of amides is 1. The van der Waals surface area contributed by atoms with Gasteiger partial charge in [-0.1, -0.05) is 18.2 Å².